The van der Waals surface area contributed by atoms with Gasteiger partial charge in [-0.05, 0) is 42.8 Å². The highest BCUT2D eigenvalue weighted by molar-refractivity contribution is 7.19. The highest BCUT2D eigenvalue weighted by Gasteiger charge is 2.19. The average Bonchev–Trinajstić information content (AvgIpc) is 3.57. The minimum Gasteiger partial charge on any atom is -0.490 e. The second-order valence-electron chi connectivity index (χ2n) is 7.12. The van der Waals surface area contributed by atoms with E-state index >= 15 is 0 Å². The second-order valence-corrected chi connectivity index (χ2v) is 8.08. The standard InChI is InChI=1S/C23H21N5O6S/c1-2-32-19-13-15(5-6-17(19)34-21(30)18-4-3-9-33-18)12-16(14-24)20(29)25-22-26-27-23(35-22)28-7-10-31-11-8-28/h3-6,9,12-13H,2,7-8,10-11H2,1H3,(H,25,26,29). The third-order valence-corrected chi connectivity index (χ3v) is 5.68. The molecule has 35 heavy (non-hydrogen) atoms. The van der Waals surface area contributed by atoms with Gasteiger partial charge >= 0.3 is 5.97 Å². The van der Waals surface area contributed by atoms with Crippen LogP contribution in [0.3, 0.4) is 0 Å². The zero-order valence-corrected chi connectivity index (χ0v) is 19.5. The molecule has 0 saturated carbocycles. The monoisotopic (exact) mass is 495 g/mol. The van der Waals surface area contributed by atoms with Crippen molar-refractivity contribution in [3.8, 4) is 17.6 Å². The second kappa shape index (κ2) is 11.3. The van der Waals surface area contributed by atoms with Crippen molar-refractivity contribution in [3.05, 3.63) is 53.5 Å². The fourth-order valence-corrected chi connectivity index (χ4v) is 3.93. The molecule has 12 heteroatoms. The zero-order chi connectivity index (χ0) is 24.6. The number of nitriles is 1. The number of hydrogen-bond donors (Lipinski definition) is 1. The smallest absolute Gasteiger partial charge is 0.379 e. The SMILES string of the molecule is CCOc1cc(C=C(C#N)C(=O)Nc2nnc(N3CCOCC3)s2)ccc1OC(=O)c1ccco1. The molecule has 0 atom stereocenters. The van der Waals surface area contributed by atoms with Crippen molar-refractivity contribution in [2.75, 3.05) is 43.1 Å². The van der Waals surface area contributed by atoms with Crippen molar-refractivity contribution in [2.24, 2.45) is 0 Å². The molecular formula is C23H21N5O6S. The number of nitrogens with zero attached hydrogens (tertiary/aromatic N) is 4. The quantitative estimate of drug-likeness (QED) is 0.214. The minimum atomic E-state index is -0.676. The van der Waals surface area contributed by atoms with E-state index in [9.17, 15) is 14.9 Å². The predicted octanol–water partition coefficient (Wildman–Crippen LogP) is 3.13. The number of nitrogens with one attached hydrogen (secondary N) is 1. The van der Waals surface area contributed by atoms with Crippen molar-refractivity contribution in [2.45, 2.75) is 6.92 Å². The van der Waals surface area contributed by atoms with Gasteiger partial charge in [-0.1, -0.05) is 17.4 Å². The van der Waals surface area contributed by atoms with Gasteiger partial charge in [-0.3, -0.25) is 10.1 Å². The Morgan fingerprint density at radius 3 is 2.80 bits per heavy atom. The molecular weight excluding hydrogens is 474 g/mol. The molecule has 0 bridgehead atoms. The Balaban J connectivity index is 1.48. The van der Waals surface area contributed by atoms with E-state index in [2.05, 4.69) is 15.5 Å². The third-order valence-electron chi connectivity index (χ3n) is 4.79. The Kier molecular flexibility index (Phi) is 7.71. The lowest BCUT2D eigenvalue weighted by atomic mass is 10.1. The van der Waals surface area contributed by atoms with Crippen molar-refractivity contribution in [1.82, 2.24) is 10.2 Å². The first-order valence-electron chi connectivity index (χ1n) is 10.7. The van der Waals surface area contributed by atoms with Crippen LogP contribution in [-0.2, 0) is 9.53 Å². The highest BCUT2D eigenvalue weighted by atomic mass is 32.1. The van der Waals surface area contributed by atoms with E-state index in [1.807, 2.05) is 11.0 Å². The molecule has 3 heterocycles. The van der Waals surface area contributed by atoms with Gasteiger partial charge in [-0.15, -0.1) is 10.2 Å². The van der Waals surface area contributed by atoms with Crippen molar-refractivity contribution in [3.63, 3.8) is 0 Å². The molecule has 1 fully saturated rings. The molecule has 0 radical (unpaired) electrons. The molecule has 0 aliphatic carbocycles. The number of morpholine rings is 1. The molecule has 3 aromatic rings. The molecule has 11 nitrogen and oxygen atoms in total. The van der Waals surface area contributed by atoms with Crippen LogP contribution in [0.1, 0.15) is 23.0 Å². The van der Waals surface area contributed by atoms with E-state index in [4.69, 9.17) is 18.6 Å². The number of furan rings is 1. The Labute approximate surface area is 204 Å². The molecule has 0 spiro atoms. The van der Waals surface area contributed by atoms with E-state index in [1.54, 1.807) is 25.1 Å². The van der Waals surface area contributed by atoms with Crippen LogP contribution in [0.25, 0.3) is 6.08 Å². The van der Waals surface area contributed by atoms with Crippen molar-refractivity contribution in [1.29, 1.82) is 5.26 Å². The summed E-state index contributed by atoms with van der Waals surface area (Å²) in [6, 6.07) is 9.64. The summed E-state index contributed by atoms with van der Waals surface area (Å²) in [5.41, 5.74) is 0.361. The van der Waals surface area contributed by atoms with E-state index in [-0.39, 0.29) is 28.0 Å². The number of carbonyl (C=O) groups is 2. The fourth-order valence-electron chi connectivity index (χ4n) is 3.14. The van der Waals surface area contributed by atoms with Crippen molar-refractivity contribution >= 4 is 39.6 Å². The van der Waals surface area contributed by atoms with Crippen LogP contribution in [0.4, 0.5) is 10.3 Å². The first-order chi connectivity index (χ1) is 17.1. The maximum Gasteiger partial charge on any atom is 0.379 e. The number of anilines is 2. The molecule has 2 aromatic heterocycles. The number of amides is 1. The van der Waals surface area contributed by atoms with Gasteiger partial charge in [-0.2, -0.15) is 5.26 Å². The summed E-state index contributed by atoms with van der Waals surface area (Å²) in [4.78, 5) is 26.9. The van der Waals surface area contributed by atoms with Gasteiger partial charge in [0.1, 0.15) is 11.6 Å². The number of benzene rings is 1. The lowest BCUT2D eigenvalue weighted by molar-refractivity contribution is -0.112. The summed E-state index contributed by atoms with van der Waals surface area (Å²) in [6.07, 6.45) is 2.77. The number of aromatic nitrogens is 2. The van der Waals surface area contributed by atoms with Crippen molar-refractivity contribution < 1.29 is 28.2 Å². The van der Waals surface area contributed by atoms with Gasteiger partial charge < -0.3 is 23.5 Å². The number of carbonyl (C=O) groups excluding carboxylic acids is 2. The largest absolute Gasteiger partial charge is 0.490 e. The van der Waals surface area contributed by atoms with Crippen LogP contribution in [0.15, 0.2) is 46.6 Å². The normalized spacial score (nSPS) is 13.7. The molecule has 1 aromatic carbocycles. The van der Waals surface area contributed by atoms with Crippen LogP contribution in [-0.4, -0.2) is 55.0 Å². The molecule has 0 unspecified atom stereocenters. The maximum absolute atomic E-state index is 12.7. The molecule has 1 aliphatic rings. The van der Waals surface area contributed by atoms with E-state index in [0.717, 1.165) is 0 Å². The molecule has 1 amide bonds. The van der Waals surface area contributed by atoms with Crippen LogP contribution in [0.5, 0.6) is 11.5 Å². The highest BCUT2D eigenvalue weighted by Crippen LogP contribution is 2.30. The van der Waals surface area contributed by atoms with Crippen LogP contribution in [0.2, 0.25) is 0 Å². The Bertz CT molecular complexity index is 1260. The van der Waals surface area contributed by atoms with Crippen LogP contribution >= 0.6 is 11.3 Å². The lowest BCUT2D eigenvalue weighted by Gasteiger charge is -2.25. The fraction of sp³-hybridized carbons (Fsp3) is 0.261. The summed E-state index contributed by atoms with van der Waals surface area (Å²) in [6.45, 7) is 4.69. The number of esters is 1. The van der Waals surface area contributed by atoms with Gasteiger partial charge in [0, 0.05) is 13.1 Å². The molecule has 4 rings (SSSR count). The van der Waals surface area contributed by atoms with E-state index in [1.165, 1.54) is 35.8 Å². The third kappa shape index (κ3) is 6.03. The topological polar surface area (TPSA) is 140 Å². The first-order valence-corrected chi connectivity index (χ1v) is 11.5. The molecule has 180 valence electrons. The van der Waals surface area contributed by atoms with Crippen LogP contribution < -0.4 is 19.7 Å². The number of ether oxygens (including phenoxy) is 3. The van der Waals surface area contributed by atoms with E-state index in [0.29, 0.717) is 43.6 Å². The summed E-state index contributed by atoms with van der Waals surface area (Å²) >= 11 is 1.22. The molecule has 1 saturated heterocycles. The maximum atomic E-state index is 12.7. The zero-order valence-electron chi connectivity index (χ0n) is 18.7. The van der Waals surface area contributed by atoms with Gasteiger partial charge in [-0.25, -0.2) is 4.79 Å². The van der Waals surface area contributed by atoms with Crippen LogP contribution in [0, 0.1) is 11.3 Å². The lowest BCUT2D eigenvalue weighted by Crippen LogP contribution is -2.36. The summed E-state index contributed by atoms with van der Waals surface area (Å²) < 4.78 is 21.3. The molecule has 1 aliphatic heterocycles. The summed E-state index contributed by atoms with van der Waals surface area (Å²) in [5.74, 6) is -0.794. The van der Waals surface area contributed by atoms with Gasteiger partial charge in [0.05, 0.1) is 26.1 Å². The van der Waals surface area contributed by atoms with Gasteiger partial charge in [0.15, 0.2) is 11.5 Å². The summed E-state index contributed by atoms with van der Waals surface area (Å²) in [7, 11) is 0. The molecule has 1 N–H and O–H groups in total. The number of hydrogen-bond acceptors (Lipinski definition) is 11. The number of rotatable bonds is 8. The Morgan fingerprint density at radius 1 is 1.26 bits per heavy atom. The first kappa shape index (κ1) is 23.9. The van der Waals surface area contributed by atoms with Gasteiger partial charge in [0.2, 0.25) is 16.0 Å². The summed E-state index contributed by atoms with van der Waals surface area (Å²) in [5, 5.41) is 21.2. The van der Waals surface area contributed by atoms with E-state index < -0.39 is 11.9 Å². The average molecular weight is 496 g/mol. The Hall–Kier alpha value is -4.21. The minimum absolute atomic E-state index is 0.0494. The van der Waals surface area contributed by atoms with Gasteiger partial charge in [0.25, 0.3) is 5.91 Å². The predicted molar refractivity (Wildman–Crippen MR) is 126 cm³/mol. The Morgan fingerprint density at radius 2 is 2.09 bits per heavy atom.